The van der Waals surface area contributed by atoms with Crippen molar-refractivity contribution in [2.45, 2.75) is 34.1 Å². The van der Waals surface area contributed by atoms with E-state index >= 15 is 0 Å². The van der Waals surface area contributed by atoms with Gasteiger partial charge in [-0.15, -0.1) is 0 Å². The summed E-state index contributed by atoms with van der Waals surface area (Å²) in [5, 5.41) is 0. The van der Waals surface area contributed by atoms with Crippen LogP contribution in [0, 0.1) is 5.41 Å². The van der Waals surface area contributed by atoms with Gasteiger partial charge in [-0.1, -0.05) is 0 Å². The molecule has 0 aliphatic carbocycles. The van der Waals surface area contributed by atoms with Gasteiger partial charge in [0, 0.05) is 21.7 Å². The van der Waals surface area contributed by atoms with Crippen LogP contribution in [0.25, 0.3) is 0 Å². The Hall–Kier alpha value is -0.936. The Bertz CT molecular complexity index is 347. The first-order valence-electron chi connectivity index (χ1n) is 4.73. The van der Waals surface area contributed by atoms with Crippen LogP contribution in [0.3, 0.4) is 0 Å². The van der Waals surface area contributed by atoms with E-state index in [1.54, 1.807) is 0 Å². The molecule has 0 aromatic rings. The van der Waals surface area contributed by atoms with E-state index < -0.39 is 40.8 Å². The summed E-state index contributed by atoms with van der Waals surface area (Å²) in [5.74, 6) is -3.93. The van der Waals surface area contributed by atoms with Gasteiger partial charge in [-0.25, -0.2) is 0 Å². The second-order valence-electron chi connectivity index (χ2n) is 3.72. The minimum absolute atomic E-state index is 0. The minimum Gasteiger partial charge on any atom is -0.300 e. The average Bonchev–Trinajstić information content (AvgIpc) is 1.99. The molecule has 5 nitrogen and oxygen atoms in total. The van der Waals surface area contributed by atoms with Crippen molar-refractivity contribution in [3.63, 3.8) is 0 Å². The molecule has 0 rings (SSSR count). The Morgan fingerprint density at radius 2 is 1.06 bits per heavy atom. The summed E-state index contributed by atoms with van der Waals surface area (Å²) in [6, 6.07) is 0. The average molecular weight is 274 g/mol. The molecular formula is C11H14O5Ti. The SMILES string of the molecule is CC(=O)CC(=O)C(C(C)=O)(C(C)=O)C(C)=O.[Ti]. The van der Waals surface area contributed by atoms with Crippen molar-refractivity contribution in [3.8, 4) is 0 Å². The molecule has 0 N–H and O–H groups in total. The van der Waals surface area contributed by atoms with Gasteiger partial charge in [0.05, 0.1) is 6.42 Å². The molecule has 0 fully saturated rings. The van der Waals surface area contributed by atoms with Crippen LogP contribution in [0.2, 0.25) is 0 Å². The molecule has 92 valence electrons. The molecule has 0 atom stereocenters. The van der Waals surface area contributed by atoms with Gasteiger partial charge in [0.25, 0.3) is 0 Å². The van der Waals surface area contributed by atoms with Crippen LogP contribution < -0.4 is 0 Å². The van der Waals surface area contributed by atoms with Crippen LogP contribution in [0.4, 0.5) is 0 Å². The zero-order valence-corrected chi connectivity index (χ0v) is 11.8. The van der Waals surface area contributed by atoms with Crippen molar-refractivity contribution in [3.05, 3.63) is 0 Å². The summed E-state index contributed by atoms with van der Waals surface area (Å²) in [5.41, 5.74) is -2.29. The Kier molecular flexibility index (Phi) is 7.28. The van der Waals surface area contributed by atoms with Crippen LogP contribution in [0.15, 0.2) is 0 Å². The first-order valence-corrected chi connectivity index (χ1v) is 4.73. The van der Waals surface area contributed by atoms with E-state index in [9.17, 15) is 24.0 Å². The van der Waals surface area contributed by atoms with Crippen molar-refractivity contribution in [1.29, 1.82) is 0 Å². The standard InChI is InChI=1S/C11H14O5.Ti/c1-6(12)5-10(16)11(7(2)13,8(3)14)9(4)15;/h5H2,1-4H3;. The van der Waals surface area contributed by atoms with Gasteiger partial charge < -0.3 is 0 Å². The van der Waals surface area contributed by atoms with E-state index in [0.29, 0.717) is 0 Å². The fourth-order valence-corrected chi connectivity index (χ4v) is 1.69. The van der Waals surface area contributed by atoms with Gasteiger partial charge in [-0.2, -0.15) is 0 Å². The molecule has 0 spiro atoms. The summed E-state index contributed by atoms with van der Waals surface area (Å²) in [4.78, 5) is 56.7. The maximum atomic E-state index is 11.7. The zero-order chi connectivity index (χ0) is 13.1. The van der Waals surface area contributed by atoms with Crippen LogP contribution >= 0.6 is 0 Å². The Morgan fingerprint density at radius 1 is 0.765 bits per heavy atom. The van der Waals surface area contributed by atoms with Crippen molar-refractivity contribution >= 4 is 28.9 Å². The fourth-order valence-electron chi connectivity index (χ4n) is 1.69. The van der Waals surface area contributed by atoms with Crippen LogP contribution in [-0.2, 0) is 45.7 Å². The molecule has 0 saturated carbocycles. The fraction of sp³-hybridized carbons (Fsp3) is 0.545. The number of carbonyl (C=O) groups excluding carboxylic acids is 5. The molecule has 0 saturated heterocycles. The largest absolute Gasteiger partial charge is 0.300 e. The number of hydrogen-bond acceptors (Lipinski definition) is 5. The Labute approximate surface area is 114 Å². The summed E-state index contributed by atoms with van der Waals surface area (Å²) < 4.78 is 0. The predicted molar refractivity (Wildman–Crippen MR) is 54.8 cm³/mol. The van der Waals surface area contributed by atoms with Crippen LogP contribution in [-0.4, -0.2) is 28.9 Å². The van der Waals surface area contributed by atoms with Crippen molar-refractivity contribution in [2.75, 3.05) is 0 Å². The molecule has 17 heavy (non-hydrogen) atoms. The van der Waals surface area contributed by atoms with Gasteiger partial charge in [0.2, 0.25) is 5.41 Å². The molecule has 0 aliphatic heterocycles. The third-order valence-corrected chi connectivity index (χ3v) is 2.41. The first-order chi connectivity index (χ1) is 7.17. The van der Waals surface area contributed by atoms with Crippen LogP contribution in [0.5, 0.6) is 0 Å². The van der Waals surface area contributed by atoms with Crippen molar-refractivity contribution < 1.29 is 45.7 Å². The number of carbonyl (C=O) groups is 5. The third-order valence-electron chi connectivity index (χ3n) is 2.41. The maximum Gasteiger partial charge on any atom is 0.202 e. The maximum absolute atomic E-state index is 11.7. The van der Waals surface area contributed by atoms with Gasteiger partial charge >= 0.3 is 0 Å². The third kappa shape index (κ3) is 3.51. The monoisotopic (exact) mass is 274 g/mol. The van der Waals surface area contributed by atoms with Gasteiger partial charge in [0.15, 0.2) is 23.1 Å². The van der Waals surface area contributed by atoms with E-state index in [4.69, 9.17) is 0 Å². The second-order valence-corrected chi connectivity index (χ2v) is 3.72. The molecule has 0 aromatic carbocycles. The number of hydrogen-bond donors (Lipinski definition) is 0. The van der Waals surface area contributed by atoms with Crippen molar-refractivity contribution in [2.24, 2.45) is 5.41 Å². The molecule has 0 unspecified atom stereocenters. The first kappa shape index (κ1) is 18.4. The van der Waals surface area contributed by atoms with Gasteiger partial charge in [0.1, 0.15) is 5.78 Å². The molecular weight excluding hydrogens is 260 g/mol. The smallest absolute Gasteiger partial charge is 0.202 e. The topological polar surface area (TPSA) is 85.3 Å². The van der Waals surface area contributed by atoms with E-state index in [0.717, 1.165) is 27.7 Å². The van der Waals surface area contributed by atoms with E-state index in [-0.39, 0.29) is 21.7 Å². The van der Waals surface area contributed by atoms with Gasteiger partial charge in [-0.05, 0) is 27.7 Å². The van der Waals surface area contributed by atoms with Crippen molar-refractivity contribution in [1.82, 2.24) is 0 Å². The summed E-state index contributed by atoms with van der Waals surface area (Å²) >= 11 is 0. The Balaban J connectivity index is 0. The molecule has 0 heterocycles. The van der Waals surface area contributed by atoms with E-state index in [1.807, 2.05) is 0 Å². The van der Waals surface area contributed by atoms with Crippen LogP contribution in [0.1, 0.15) is 34.1 Å². The summed E-state index contributed by atoms with van der Waals surface area (Å²) in [7, 11) is 0. The Morgan fingerprint density at radius 3 is 1.24 bits per heavy atom. The molecule has 6 heteroatoms. The number of rotatable bonds is 6. The molecule has 0 aromatic heterocycles. The number of ketones is 5. The minimum atomic E-state index is -2.29. The normalized spacial score (nSPS) is 10.1. The summed E-state index contributed by atoms with van der Waals surface area (Å²) in [6.07, 6.45) is -0.585. The molecule has 0 radical (unpaired) electrons. The molecule has 0 aliphatic rings. The predicted octanol–water partition coefficient (Wildman–Crippen LogP) is 0.285. The van der Waals surface area contributed by atoms with E-state index in [2.05, 4.69) is 0 Å². The quantitative estimate of drug-likeness (QED) is 0.513. The molecule has 0 amide bonds. The van der Waals surface area contributed by atoms with Gasteiger partial charge in [-0.3, -0.25) is 24.0 Å². The number of Topliss-reactive ketones (excluding diaryl/α,β-unsaturated/α-hetero) is 5. The zero-order valence-electron chi connectivity index (χ0n) is 10.2. The molecule has 0 bridgehead atoms. The summed E-state index contributed by atoms with van der Waals surface area (Å²) in [6.45, 7) is 4.16. The second kappa shape index (κ2) is 6.72. The van der Waals surface area contributed by atoms with E-state index in [1.165, 1.54) is 0 Å².